The number of fused-ring (bicyclic) bond motifs is 1. The Balaban J connectivity index is 1.92. The summed E-state index contributed by atoms with van der Waals surface area (Å²) in [7, 11) is 0. The summed E-state index contributed by atoms with van der Waals surface area (Å²) < 4.78 is 10.2. The van der Waals surface area contributed by atoms with Gasteiger partial charge in [0.25, 0.3) is 18.4 Å². The van der Waals surface area contributed by atoms with Gasteiger partial charge in [0.1, 0.15) is 16.9 Å². The molecule has 2 aliphatic rings. The van der Waals surface area contributed by atoms with E-state index in [9.17, 15) is 9.59 Å². The van der Waals surface area contributed by atoms with E-state index in [0.29, 0.717) is 33.8 Å². The molecule has 1 aliphatic carbocycles. The van der Waals surface area contributed by atoms with Crippen LogP contribution in [0.15, 0.2) is 90.5 Å². The first-order valence-electron chi connectivity index (χ1n) is 11.6. The van der Waals surface area contributed by atoms with Gasteiger partial charge in [-0.25, -0.2) is 0 Å². The topological polar surface area (TPSA) is 112 Å². The first-order chi connectivity index (χ1) is 17.9. The zero-order valence-electron chi connectivity index (χ0n) is 20.1. The summed E-state index contributed by atoms with van der Waals surface area (Å²) in [6, 6.07) is 20.0. The highest BCUT2D eigenvalue weighted by molar-refractivity contribution is 6.22. The van der Waals surface area contributed by atoms with E-state index >= 15 is 0 Å². The van der Waals surface area contributed by atoms with Crippen molar-refractivity contribution in [2.75, 3.05) is 0 Å². The van der Waals surface area contributed by atoms with Crippen molar-refractivity contribution < 1.29 is 19.1 Å². The number of allylic oxidation sites excluding steroid dienone is 3. The fourth-order valence-corrected chi connectivity index (χ4v) is 5.67. The number of nitriles is 2. The van der Waals surface area contributed by atoms with Crippen molar-refractivity contribution in [2.45, 2.75) is 24.7 Å². The molecular formula is C30H21N3O4. The zero-order valence-corrected chi connectivity index (χ0v) is 20.1. The maximum atomic E-state index is 14.1. The van der Waals surface area contributed by atoms with Gasteiger partial charge in [0.2, 0.25) is 5.91 Å². The van der Waals surface area contributed by atoms with Crippen molar-refractivity contribution in [1.82, 2.24) is 5.32 Å². The number of nitrogens with one attached hydrogen (secondary N) is 1. The van der Waals surface area contributed by atoms with Crippen molar-refractivity contribution >= 4 is 11.8 Å². The summed E-state index contributed by atoms with van der Waals surface area (Å²) >= 11 is 0. The Morgan fingerprint density at radius 2 is 1.35 bits per heavy atom. The van der Waals surface area contributed by atoms with Crippen molar-refractivity contribution in [3.05, 3.63) is 118 Å². The van der Waals surface area contributed by atoms with Crippen LogP contribution in [0.1, 0.15) is 27.8 Å². The van der Waals surface area contributed by atoms with Crippen LogP contribution < -0.4 is 14.8 Å². The van der Waals surface area contributed by atoms with E-state index < -0.39 is 22.6 Å². The van der Waals surface area contributed by atoms with Gasteiger partial charge in [-0.2, -0.15) is 0 Å². The molecule has 1 atom stereocenters. The molecule has 0 spiro atoms. The summed E-state index contributed by atoms with van der Waals surface area (Å²) in [4.78, 5) is 27.3. The summed E-state index contributed by atoms with van der Waals surface area (Å²) in [6.07, 6.45) is 8.81. The lowest BCUT2D eigenvalue weighted by Crippen LogP contribution is -2.55. The van der Waals surface area contributed by atoms with E-state index in [2.05, 4.69) is 5.32 Å². The van der Waals surface area contributed by atoms with Crippen molar-refractivity contribution in [1.29, 1.82) is 10.5 Å². The number of hydrogen-bond acceptors (Lipinski definition) is 6. The molecule has 5 rings (SSSR count). The second-order valence-corrected chi connectivity index (χ2v) is 8.99. The minimum atomic E-state index is -1.44. The van der Waals surface area contributed by atoms with Gasteiger partial charge in [-0.1, -0.05) is 72.8 Å². The monoisotopic (exact) mass is 487 g/mol. The smallest absolute Gasteiger partial charge is 0.292 e. The van der Waals surface area contributed by atoms with Gasteiger partial charge in [0.15, 0.2) is 0 Å². The summed E-state index contributed by atoms with van der Waals surface area (Å²) in [5.74, 6) is -0.104. The quantitative estimate of drug-likeness (QED) is 0.422. The molecular weight excluding hydrogens is 466 g/mol. The minimum absolute atomic E-state index is 0.330. The fraction of sp³-hybridized carbons (Fsp3) is 0.133. The molecule has 180 valence electrons. The zero-order chi connectivity index (χ0) is 26.2. The third kappa shape index (κ3) is 3.26. The third-order valence-electron chi connectivity index (χ3n) is 7.20. The van der Waals surface area contributed by atoms with Gasteiger partial charge in [-0.3, -0.25) is 14.9 Å². The largest absolute Gasteiger partial charge is 0.388 e. The van der Waals surface area contributed by atoms with Gasteiger partial charge < -0.3 is 9.47 Å². The molecule has 7 heteroatoms. The molecule has 1 aliphatic heterocycles. The number of amides is 2. The Bertz CT molecular complexity index is 1530. The average Bonchev–Trinajstić information content (AvgIpc) is 3.17. The van der Waals surface area contributed by atoms with Crippen LogP contribution in [0, 0.1) is 36.9 Å². The number of benzene rings is 3. The first-order valence-corrected chi connectivity index (χ1v) is 11.6. The summed E-state index contributed by atoms with van der Waals surface area (Å²) in [6.45, 7) is 3.63. The van der Waals surface area contributed by atoms with Crippen LogP contribution in [0.3, 0.4) is 0 Å². The average molecular weight is 488 g/mol. The summed E-state index contributed by atoms with van der Waals surface area (Å²) in [5.41, 5.74) is 1.19. The molecule has 1 saturated heterocycles. The molecule has 37 heavy (non-hydrogen) atoms. The predicted octanol–water partition coefficient (Wildman–Crippen LogP) is 4.40. The fourth-order valence-electron chi connectivity index (χ4n) is 5.67. The maximum absolute atomic E-state index is 14.1. The van der Waals surface area contributed by atoms with Gasteiger partial charge in [-0.05, 0) is 53.8 Å². The number of rotatable bonds is 5. The highest BCUT2D eigenvalue weighted by Crippen LogP contribution is 2.58. The minimum Gasteiger partial charge on any atom is -0.388 e. The molecule has 0 bridgehead atoms. The molecule has 3 aromatic rings. The number of carbonyl (C=O) groups excluding carboxylic acids is 2. The van der Waals surface area contributed by atoms with Crippen LogP contribution in [0.5, 0.6) is 11.5 Å². The molecule has 0 aromatic heterocycles. The second-order valence-electron chi connectivity index (χ2n) is 8.99. The van der Waals surface area contributed by atoms with E-state index in [0.717, 1.165) is 11.1 Å². The van der Waals surface area contributed by atoms with E-state index in [1.165, 1.54) is 0 Å². The van der Waals surface area contributed by atoms with E-state index in [4.69, 9.17) is 20.0 Å². The van der Waals surface area contributed by atoms with Crippen LogP contribution in [0.25, 0.3) is 0 Å². The van der Waals surface area contributed by atoms with Crippen molar-refractivity contribution in [3.8, 4) is 24.0 Å². The number of nitrogens with zero attached hydrogens (tertiary/aromatic N) is 2. The Labute approximate surface area is 213 Å². The Morgan fingerprint density at radius 1 is 0.784 bits per heavy atom. The molecule has 0 saturated carbocycles. The Hall–Kier alpha value is -5.14. The lowest BCUT2D eigenvalue weighted by molar-refractivity contribution is -0.127. The van der Waals surface area contributed by atoms with Crippen LogP contribution in [-0.2, 0) is 20.4 Å². The van der Waals surface area contributed by atoms with Crippen LogP contribution in [0.2, 0.25) is 0 Å². The summed E-state index contributed by atoms with van der Waals surface area (Å²) in [5, 5.41) is 20.7. The lowest BCUT2D eigenvalue weighted by Gasteiger charge is -2.48. The molecule has 2 amide bonds. The lowest BCUT2D eigenvalue weighted by atomic mass is 9.50. The highest BCUT2D eigenvalue weighted by Gasteiger charge is 2.66. The second kappa shape index (κ2) is 8.82. The van der Waals surface area contributed by atoms with E-state index in [-0.39, 0.29) is 0 Å². The molecule has 1 heterocycles. The standard InChI is InChI=1S/C30H21N3O4/c1-19-15-22(10-12-25(19)36-17-31)29(23-11-13-26(37-18-32)20(2)16-23)14-6-9-24-27(34)33-28(35)30(24,29)21-7-4-3-5-8-21/h3-16H,1-2H3,(H,33,34,35). The van der Waals surface area contributed by atoms with Gasteiger partial charge >= 0.3 is 0 Å². The molecule has 0 radical (unpaired) electrons. The maximum Gasteiger partial charge on any atom is 0.292 e. The van der Waals surface area contributed by atoms with E-state index in [1.807, 2.05) is 74.5 Å². The SMILES string of the molecule is Cc1cc(C2(c3ccc(OC#N)c(C)c3)C=CC=C3C(=O)NC(=O)C32c2ccccc2)ccc1OC#N. The molecule has 1 N–H and O–H groups in total. The number of hydrogen-bond donors (Lipinski definition) is 1. The van der Waals surface area contributed by atoms with E-state index in [1.54, 1.807) is 36.8 Å². The molecule has 7 nitrogen and oxygen atoms in total. The Kier molecular flexibility index (Phi) is 5.62. The molecule has 1 fully saturated rings. The van der Waals surface area contributed by atoms with Crippen LogP contribution in [-0.4, -0.2) is 11.8 Å². The normalized spacial score (nSPS) is 19.2. The van der Waals surface area contributed by atoms with Crippen LogP contribution >= 0.6 is 0 Å². The van der Waals surface area contributed by atoms with Crippen molar-refractivity contribution in [3.63, 3.8) is 0 Å². The molecule has 1 unspecified atom stereocenters. The number of carbonyl (C=O) groups is 2. The number of ether oxygens (including phenoxy) is 2. The number of imide groups is 1. The van der Waals surface area contributed by atoms with Crippen LogP contribution in [0.4, 0.5) is 0 Å². The highest BCUT2D eigenvalue weighted by atomic mass is 16.5. The van der Waals surface area contributed by atoms with Crippen molar-refractivity contribution in [2.24, 2.45) is 0 Å². The molecule has 3 aromatic carbocycles. The third-order valence-corrected chi connectivity index (χ3v) is 7.20. The first kappa shape index (κ1) is 23.6. The Morgan fingerprint density at radius 3 is 1.86 bits per heavy atom. The van der Waals surface area contributed by atoms with Gasteiger partial charge in [0, 0.05) is 5.57 Å². The predicted molar refractivity (Wildman–Crippen MR) is 134 cm³/mol. The van der Waals surface area contributed by atoms with Gasteiger partial charge in [0.05, 0.1) is 5.41 Å². The number of aryl methyl sites for hydroxylation is 2. The van der Waals surface area contributed by atoms with Gasteiger partial charge in [-0.15, -0.1) is 10.5 Å².